The van der Waals surface area contributed by atoms with Crippen molar-refractivity contribution in [2.45, 2.75) is 6.92 Å². The molecule has 0 saturated carbocycles. The van der Waals surface area contributed by atoms with E-state index >= 15 is 0 Å². The molecule has 0 atom stereocenters. The maximum Gasteiger partial charge on any atom is 0.271 e. The van der Waals surface area contributed by atoms with Gasteiger partial charge in [-0.3, -0.25) is 9.78 Å². The Hall–Kier alpha value is -3.02. The highest BCUT2D eigenvalue weighted by atomic mass is 19.1. The highest BCUT2D eigenvalue weighted by molar-refractivity contribution is 5.93. The number of nitrogens with zero attached hydrogens (tertiary/aromatic N) is 3. The summed E-state index contributed by atoms with van der Waals surface area (Å²) >= 11 is 0. The van der Waals surface area contributed by atoms with E-state index in [1.807, 2.05) is 19.1 Å². The molecule has 0 bridgehead atoms. The minimum absolute atomic E-state index is 0.251. The van der Waals surface area contributed by atoms with Gasteiger partial charge in [-0.15, -0.1) is 0 Å². The lowest BCUT2D eigenvalue weighted by Crippen LogP contribution is -2.23. The van der Waals surface area contributed by atoms with Crippen LogP contribution >= 0.6 is 0 Å². The topological polar surface area (TPSA) is 59.8 Å². The molecule has 0 spiro atoms. The highest BCUT2D eigenvalue weighted by Gasteiger charge is 2.16. The molecule has 5 nitrogen and oxygen atoms in total. The Bertz CT molecular complexity index is 812. The number of amides is 1. The van der Waals surface area contributed by atoms with Crippen LogP contribution in [0, 0.1) is 5.82 Å². The monoisotopic (exact) mass is 310 g/mol. The van der Waals surface area contributed by atoms with Crippen LogP contribution < -0.4 is 5.32 Å². The molecular formula is C17H15FN4O. The zero-order valence-electron chi connectivity index (χ0n) is 12.5. The fraction of sp³-hybridized carbons (Fsp3) is 0.118. The maximum absolute atomic E-state index is 13.2. The predicted molar refractivity (Wildman–Crippen MR) is 84.8 cm³/mol. The van der Waals surface area contributed by atoms with Crippen molar-refractivity contribution in [1.29, 1.82) is 0 Å². The first-order valence-corrected chi connectivity index (χ1v) is 7.23. The second-order valence-electron chi connectivity index (χ2n) is 4.90. The third-order valence-electron chi connectivity index (χ3n) is 3.31. The standard InChI is InChI=1S/C17H15FN4O/c1-2-20-17(23)15-10-16(12-4-3-9-19-11-12)22(21-15)14-7-5-13(18)6-8-14/h3-11H,2H2,1H3,(H,20,23). The van der Waals surface area contributed by atoms with Gasteiger partial charge in [-0.25, -0.2) is 9.07 Å². The number of hydrogen-bond acceptors (Lipinski definition) is 3. The molecule has 116 valence electrons. The fourth-order valence-corrected chi connectivity index (χ4v) is 2.24. The van der Waals surface area contributed by atoms with E-state index in [2.05, 4.69) is 15.4 Å². The average Bonchev–Trinajstić information content (AvgIpc) is 3.02. The van der Waals surface area contributed by atoms with Crippen LogP contribution in [0.15, 0.2) is 54.9 Å². The Kier molecular flexibility index (Phi) is 4.14. The molecule has 23 heavy (non-hydrogen) atoms. The molecule has 0 unspecified atom stereocenters. The van der Waals surface area contributed by atoms with Crippen LogP contribution in [0.2, 0.25) is 0 Å². The molecule has 0 aliphatic heterocycles. The largest absolute Gasteiger partial charge is 0.351 e. The third kappa shape index (κ3) is 3.11. The number of benzene rings is 1. The van der Waals surface area contributed by atoms with Crippen molar-refractivity contribution in [2.75, 3.05) is 6.54 Å². The molecule has 2 heterocycles. The summed E-state index contributed by atoms with van der Waals surface area (Å²) in [5.74, 6) is -0.578. The van der Waals surface area contributed by atoms with Crippen molar-refractivity contribution in [3.63, 3.8) is 0 Å². The summed E-state index contributed by atoms with van der Waals surface area (Å²) in [4.78, 5) is 16.2. The van der Waals surface area contributed by atoms with Crippen molar-refractivity contribution >= 4 is 5.91 Å². The van der Waals surface area contributed by atoms with Gasteiger partial charge in [-0.2, -0.15) is 5.10 Å². The lowest BCUT2D eigenvalue weighted by Gasteiger charge is -2.07. The van der Waals surface area contributed by atoms with Crippen LogP contribution in [0.3, 0.4) is 0 Å². The van der Waals surface area contributed by atoms with Crippen LogP contribution in [-0.2, 0) is 0 Å². The Balaban J connectivity index is 2.12. The Morgan fingerprint density at radius 3 is 2.70 bits per heavy atom. The van der Waals surface area contributed by atoms with E-state index in [4.69, 9.17) is 0 Å². The summed E-state index contributed by atoms with van der Waals surface area (Å²) in [5, 5.41) is 7.08. The van der Waals surface area contributed by atoms with E-state index < -0.39 is 0 Å². The van der Waals surface area contributed by atoms with E-state index in [1.54, 1.807) is 35.3 Å². The first-order chi connectivity index (χ1) is 11.2. The van der Waals surface area contributed by atoms with Crippen LogP contribution in [-0.4, -0.2) is 27.2 Å². The van der Waals surface area contributed by atoms with E-state index in [9.17, 15) is 9.18 Å². The summed E-state index contributed by atoms with van der Waals surface area (Å²) in [5.41, 5.74) is 2.50. The van der Waals surface area contributed by atoms with Crippen LogP contribution in [0.25, 0.3) is 16.9 Å². The first kappa shape index (κ1) is 14.9. The summed E-state index contributed by atoms with van der Waals surface area (Å²) in [6.45, 7) is 2.36. The third-order valence-corrected chi connectivity index (χ3v) is 3.31. The second-order valence-corrected chi connectivity index (χ2v) is 4.90. The molecule has 6 heteroatoms. The molecule has 3 rings (SSSR count). The summed E-state index contributed by atoms with van der Waals surface area (Å²) < 4.78 is 14.8. The van der Waals surface area contributed by atoms with Crippen LogP contribution in [0.5, 0.6) is 0 Å². The predicted octanol–water partition coefficient (Wildman–Crippen LogP) is 2.82. The Morgan fingerprint density at radius 2 is 2.04 bits per heavy atom. The van der Waals surface area contributed by atoms with Crippen LogP contribution in [0.4, 0.5) is 4.39 Å². The fourth-order valence-electron chi connectivity index (χ4n) is 2.24. The lowest BCUT2D eigenvalue weighted by atomic mass is 10.2. The zero-order valence-corrected chi connectivity index (χ0v) is 12.5. The molecule has 3 aromatic rings. The van der Waals surface area contributed by atoms with Crippen molar-refractivity contribution in [1.82, 2.24) is 20.1 Å². The number of pyridine rings is 1. The van der Waals surface area contributed by atoms with E-state index in [0.29, 0.717) is 23.6 Å². The molecule has 0 fully saturated rings. The Labute approximate surface area is 132 Å². The quantitative estimate of drug-likeness (QED) is 0.806. The number of hydrogen-bond donors (Lipinski definition) is 1. The molecule has 0 radical (unpaired) electrons. The maximum atomic E-state index is 13.2. The molecule has 1 amide bonds. The Morgan fingerprint density at radius 1 is 1.26 bits per heavy atom. The van der Waals surface area contributed by atoms with E-state index in [0.717, 1.165) is 5.56 Å². The molecule has 1 aromatic carbocycles. The number of nitrogens with one attached hydrogen (secondary N) is 1. The number of halogens is 1. The normalized spacial score (nSPS) is 10.5. The minimum atomic E-state index is -0.326. The highest BCUT2D eigenvalue weighted by Crippen LogP contribution is 2.23. The first-order valence-electron chi connectivity index (χ1n) is 7.23. The number of aromatic nitrogens is 3. The SMILES string of the molecule is CCNC(=O)c1cc(-c2cccnc2)n(-c2ccc(F)cc2)n1. The van der Waals surface area contributed by atoms with Crippen LogP contribution in [0.1, 0.15) is 17.4 Å². The molecule has 0 aliphatic rings. The number of carbonyl (C=O) groups excluding carboxylic acids is 1. The van der Waals surface area contributed by atoms with Gasteiger partial charge in [-0.05, 0) is 49.4 Å². The van der Waals surface area contributed by atoms with Crippen molar-refractivity contribution < 1.29 is 9.18 Å². The minimum Gasteiger partial charge on any atom is -0.351 e. The van der Waals surface area contributed by atoms with Gasteiger partial charge in [0.05, 0.1) is 11.4 Å². The van der Waals surface area contributed by atoms with Gasteiger partial charge in [0.15, 0.2) is 5.69 Å². The molecule has 0 saturated heterocycles. The number of carbonyl (C=O) groups is 1. The van der Waals surface area contributed by atoms with Gasteiger partial charge >= 0.3 is 0 Å². The van der Waals surface area contributed by atoms with Crippen molar-refractivity contribution in [3.8, 4) is 16.9 Å². The van der Waals surface area contributed by atoms with Crippen molar-refractivity contribution in [2.24, 2.45) is 0 Å². The number of rotatable bonds is 4. The van der Waals surface area contributed by atoms with Gasteiger partial charge in [0.25, 0.3) is 5.91 Å². The second kappa shape index (κ2) is 6.39. The van der Waals surface area contributed by atoms with Gasteiger partial charge in [0, 0.05) is 24.5 Å². The lowest BCUT2D eigenvalue weighted by molar-refractivity contribution is 0.0950. The van der Waals surface area contributed by atoms with Gasteiger partial charge in [0.1, 0.15) is 5.82 Å². The smallest absolute Gasteiger partial charge is 0.271 e. The van der Waals surface area contributed by atoms with Gasteiger partial charge in [-0.1, -0.05) is 0 Å². The average molecular weight is 310 g/mol. The summed E-state index contributed by atoms with van der Waals surface area (Å²) in [6.07, 6.45) is 3.37. The molecule has 2 aromatic heterocycles. The summed E-state index contributed by atoms with van der Waals surface area (Å²) in [6, 6.07) is 11.3. The van der Waals surface area contributed by atoms with Gasteiger partial charge in [0.2, 0.25) is 0 Å². The van der Waals surface area contributed by atoms with E-state index in [1.165, 1.54) is 12.1 Å². The van der Waals surface area contributed by atoms with Gasteiger partial charge < -0.3 is 5.32 Å². The van der Waals surface area contributed by atoms with E-state index in [-0.39, 0.29) is 11.7 Å². The molecule has 0 aliphatic carbocycles. The summed E-state index contributed by atoms with van der Waals surface area (Å²) in [7, 11) is 0. The zero-order chi connectivity index (χ0) is 16.2. The van der Waals surface area contributed by atoms with Crippen molar-refractivity contribution in [3.05, 3.63) is 66.4 Å². The molecule has 1 N–H and O–H groups in total. The molecular weight excluding hydrogens is 295 g/mol.